The second-order valence-electron chi connectivity index (χ2n) is 24.8. The van der Waals surface area contributed by atoms with Gasteiger partial charge in [0.1, 0.15) is 0 Å². The molecule has 7 aromatic heterocycles. The van der Waals surface area contributed by atoms with Crippen molar-refractivity contribution in [2.24, 2.45) is 0 Å². The lowest BCUT2D eigenvalue weighted by atomic mass is 10.0. The summed E-state index contributed by atoms with van der Waals surface area (Å²) in [6.07, 6.45) is 0. The summed E-state index contributed by atoms with van der Waals surface area (Å²) in [6.45, 7) is 0. The summed E-state index contributed by atoms with van der Waals surface area (Å²) in [5.41, 5.74) is 18.6. The minimum absolute atomic E-state index is 0.614. The van der Waals surface area contributed by atoms with Crippen LogP contribution >= 0.6 is 34.0 Å². The molecule has 21 aromatic rings. The Kier molecular flexibility index (Phi) is 11.1. The van der Waals surface area contributed by atoms with Crippen molar-refractivity contribution in [2.45, 2.75) is 0 Å². The van der Waals surface area contributed by atoms with E-state index < -0.39 is 0 Å². The fourth-order valence-corrected chi connectivity index (χ4v) is 18.7. The van der Waals surface area contributed by atoms with Crippen LogP contribution in [0.25, 0.3) is 199 Å². The van der Waals surface area contributed by atoms with Crippen molar-refractivity contribution in [3.63, 3.8) is 0 Å². The molecule has 0 saturated heterocycles. The molecule has 0 radical (unpaired) electrons. The average molecular weight is 1250 g/mol. The molecule has 14 aromatic carbocycles. The molecule has 0 amide bonds. The molecule has 0 atom stereocenters. The molecule has 0 aliphatic rings. The number of aromatic nitrogens is 5. The molecular formula is C86H49N5S3. The van der Waals surface area contributed by atoms with E-state index in [4.69, 9.17) is 9.97 Å². The highest BCUT2D eigenvalue weighted by Gasteiger charge is 2.23. The van der Waals surface area contributed by atoms with Crippen molar-refractivity contribution in [2.75, 3.05) is 0 Å². The van der Waals surface area contributed by atoms with Crippen molar-refractivity contribution >= 4 is 171 Å². The van der Waals surface area contributed by atoms with E-state index >= 15 is 0 Å². The van der Waals surface area contributed by atoms with Gasteiger partial charge in [-0.05, 0) is 137 Å². The summed E-state index contributed by atoms with van der Waals surface area (Å²) in [5, 5.41) is 15.9. The minimum Gasteiger partial charge on any atom is -0.309 e. The molecule has 0 fully saturated rings. The molecule has 8 heteroatoms. The largest absolute Gasteiger partial charge is 0.309 e. The van der Waals surface area contributed by atoms with E-state index in [1.54, 1.807) is 0 Å². The topological polar surface area (TPSA) is 40.6 Å². The molecule has 21 rings (SSSR count). The van der Waals surface area contributed by atoms with Gasteiger partial charge in [0, 0.05) is 115 Å². The fraction of sp³-hybridized carbons (Fsp3) is 0. The predicted octanol–water partition coefficient (Wildman–Crippen LogP) is 24.7. The third kappa shape index (κ3) is 7.79. The Bertz CT molecular complexity index is 6810. The number of nitrogens with zero attached hydrogens (tertiary/aromatic N) is 5. The lowest BCUT2D eigenvalue weighted by molar-refractivity contribution is 1.01. The van der Waals surface area contributed by atoms with Crippen LogP contribution in [0.5, 0.6) is 0 Å². The highest BCUT2D eigenvalue weighted by molar-refractivity contribution is 7.26. The Hall–Kier alpha value is -11.5. The van der Waals surface area contributed by atoms with E-state index in [2.05, 4.69) is 311 Å². The van der Waals surface area contributed by atoms with Crippen LogP contribution in [0.1, 0.15) is 0 Å². The highest BCUT2D eigenvalue weighted by Crippen LogP contribution is 2.45. The molecule has 94 heavy (non-hydrogen) atoms. The van der Waals surface area contributed by atoms with Gasteiger partial charge in [-0.2, -0.15) is 0 Å². The number of para-hydroxylation sites is 3. The maximum atomic E-state index is 5.83. The minimum atomic E-state index is 0.614. The van der Waals surface area contributed by atoms with Crippen LogP contribution in [0.3, 0.4) is 0 Å². The average Bonchev–Trinajstić information content (AvgIpc) is 1.55. The van der Waals surface area contributed by atoms with Gasteiger partial charge in [0.05, 0.1) is 44.3 Å². The molecule has 0 saturated carbocycles. The molecule has 5 nitrogen and oxygen atoms in total. The normalized spacial score (nSPS) is 12.3. The first-order chi connectivity index (χ1) is 46.5. The second-order valence-corrected chi connectivity index (χ2v) is 28.1. The number of hydrogen-bond donors (Lipinski definition) is 0. The van der Waals surface area contributed by atoms with Crippen LogP contribution in [0, 0.1) is 0 Å². The molecule has 0 unspecified atom stereocenters. The fourth-order valence-electron chi connectivity index (χ4n) is 15.3. The zero-order valence-electron chi connectivity index (χ0n) is 50.3. The third-order valence-electron chi connectivity index (χ3n) is 19.7. The zero-order valence-corrected chi connectivity index (χ0v) is 52.7. The second kappa shape index (κ2) is 20.0. The van der Waals surface area contributed by atoms with Crippen molar-refractivity contribution in [3.05, 3.63) is 297 Å². The highest BCUT2D eigenvalue weighted by atomic mass is 32.1. The van der Waals surface area contributed by atoms with Crippen LogP contribution in [0.15, 0.2) is 297 Å². The first kappa shape index (κ1) is 52.1. The first-order valence-corrected chi connectivity index (χ1v) is 34.3. The molecule has 0 N–H and O–H groups in total. The quantitative estimate of drug-likeness (QED) is 0.160. The van der Waals surface area contributed by atoms with Gasteiger partial charge >= 0.3 is 0 Å². The van der Waals surface area contributed by atoms with E-state index in [0.29, 0.717) is 5.95 Å². The van der Waals surface area contributed by atoms with Gasteiger partial charge in [0.2, 0.25) is 5.95 Å². The third-order valence-corrected chi connectivity index (χ3v) is 23.1. The van der Waals surface area contributed by atoms with Gasteiger partial charge in [0.25, 0.3) is 0 Å². The molecule has 0 spiro atoms. The van der Waals surface area contributed by atoms with Gasteiger partial charge in [0.15, 0.2) is 0 Å². The number of fused-ring (bicyclic) bond motifs is 19. The number of rotatable bonds is 7. The van der Waals surface area contributed by atoms with Crippen molar-refractivity contribution in [1.82, 2.24) is 23.7 Å². The molecule has 0 aliphatic heterocycles. The predicted molar refractivity (Wildman–Crippen MR) is 403 cm³/mol. The van der Waals surface area contributed by atoms with E-state index in [1.165, 1.54) is 110 Å². The lowest BCUT2D eigenvalue weighted by Crippen LogP contribution is -2.04. The lowest BCUT2D eigenvalue weighted by Gasteiger charge is -2.15. The zero-order chi connectivity index (χ0) is 61.3. The summed E-state index contributed by atoms with van der Waals surface area (Å²) in [5.74, 6) is 0.614. The maximum absolute atomic E-state index is 5.83. The van der Waals surface area contributed by atoms with Crippen LogP contribution in [-0.2, 0) is 0 Å². The van der Waals surface area contributed by atoms with Crippen LogP contribution in [-0.4, -0.2) is 23.7 Å². The molecule has 0 aliphatic carbocycles. The maximum Gasteiger partial charge on any atom is 0.235 e. The molecular weight excluding hydrogens is 1200 g/mol. The molecule has 436 valence electrons. The monoisotopic (exact) mass is 1250 g/mol. The number of hydrogen-bond acceptors (Lipinski definition) is 5. The van der Waals surface area contributed by atoms with E-state index in [0.717, 1.165) is 83.0 Å². The Morgan fingerprint density at radius 3 is 0.968 bits per heavy atom. The van der Waals surface area contributed by atoms with E-state index in [1.807, 2.05) is 34.0 Å². The van der Waals surface area contributed by atoms with E-state index in [9.17, 15) is 0 Å². The standard InChI is InChI=1S/C86H49N5S3/c1-7-19-73-59(13-1)62-36-27-51(54-30-39-68-65-16-4-10-22-79(65)92-82(68)46-54)43-76(62)89(73)57-33-25-50(26-34-57)85-71-49-58(90-74-20-8-2-14-60(74)63-37-28-52(44-77(63)90)55-31-40-69-66-17-5-11-23-80(66)93-83(69)47-55)35-42-72(71)87-86(88-85)91-75-21-9-3-15-61(75)64-38-29-53(45-78(64)91)56-32-41-70-67-18-6-12-24-81(67)94-84(70)48-56/h1-49H. The van der Waals surface area contributed by atoms with Gasteiger partial charge < -0.3 is 9.13 Å². The summed E-state index contributed by atoms with van der Waals surface area (Å²) >= 11 is 5.58. The molecule has 0 bridgehead atoms. The number of benzene rings is 14. The van der Waals surface area contributed by atoms with Crippen LogP contribution in [0.4, 0.5) is 0 Å². The van der Waals surface area contributed by atoms with Crippen molar-refractivity contribution in [3.8, 4) is 62.0 Å². The summed E-state index contributed by atoms with van der Waals surface area (Å²) in [6, 6.07) is 110. The summed E-state index contributed by atoms with van der Waals surface area (Å²) in [4.78, 5) is 11.5. The van der Waals surface area contributed by atoms with Crippen LogP contribution in [0.2, 0.25) is 0 Å². The van der Waals surface area contributed by atoms with Gasteiger partial charge in [-0.1, -0.05) is 194 Å². The molecule has 7 heterocycles. The van der Waals surface area contributed by atoms with Gasteiger partial charge in [-0.3, -0.25) is 4.57 Å². The van der Waals surface area contributed by atoms with Crippen molar-refractivity contribution < 1.29 is 0 Å². The van der Waals surface area contributed by atoms with E-state index in [-0.39, 0.29) is 0 Å². The Balaban J connectivity index is 0.756. The summed E-state index contributed by atoms with van der Waals surface area (Å²) < 4.78 is 15.0. The van der Waals surface area contributed by atoms with Crippen molar-refractivity contribution in [1.29, 1.82) is 0 Å². The SMILES string of the molecule is c1ccc2c(c1)sc1cc(-c3ccc4c5ccccc5n(-c5ccc(-c6nc(-n7c8ccccc8c8ccc(-c9ccc%10c(c9)sc9ccccc9%10)cc87)nc7ccc(-n8c9ccccc9c9ccc(-c%10ccc%11c(c%10)sc%10ccccc%10%11)cc98)cc67)cc5)c4c3)ccc12. The summed E-state index contributed by atoms with van der Waals surface area (Å²) in [7, 11) is 0. The first-order valence-electron chi connectivity index (χ1n) is 31.8. The van der Waals surface area contributed by atoms with Crippen LogP contribution < -0.4 is 0 Å². The number of thiophene rings is 3. The van der Waals surface area contributed by atoms with Gasteiger partial charge in [-0.15, -0.1) is 34.0 Å². The Labute approximate surface area is 549 Å². The Morgan fingerprint density at radius 2 is 0.521 bits per heavy atom. The van der Waals surface area contributed by atoms with Gasteiger partial charge in [-0.25, -0.2) is 9.97 Å². The smallest absolute Gasteiger partial charge is 0.235 e. The Morgan fingerprint density at radius 1 is 0.202 bits per heavy atom.